The molecule has 0 aromatic carbocycles. The Hall–Kier alpha value is -0.483. The maximum absolute atomic E-state index is 6.15. The smallest absolute Gasteiger partial charge is 0.327 e. The van der Waals surface area contributed by atoms with Crippen LogP contribution < -0.4 is 5.40 Å². The van der Waals surface area contributed by atoms with E-state index in [2.05, 4.69) is 49.2 Å². The topological polar surface area (TPSA) is 32.5 Å². The molecule has 0 fully saturated rings. The van der Waals surface area contributed by atoms with E-state index < -0.39 is 9.28 Å². The van der Waals surface area contributed by atoms with Crippen LogP contribution in [0.1, 0.15) is 27.7 Å². The summed E-state index contributed by atoms with van der Waals surface area (Å²) in [5.41, 5.74) is 0. The van der Waals surface area contributed by atoms with Crippen LogP contribution in [0.15, 0.2) is 12.4 Å². The monoisotopic (exact) mass is 185 g/mol. The molecule has 0 spiro atoms. The Morgan fingerprint density at radius 3 is 1.50 bits per heavy atom. The Morgan fingerprint density at radius 2 is 1.33 bits per heavy atom. The molecule has 0 unspecified atom stereocenters. The lowest BCUT2D eigenvalue weighted by atomic mass is 10.4. The summed E-state index contributed by atoms with van der Waals surface area (Å²) in [5, 5.41) is 6.15. The Bertz CT molecular complexity index is 161. The second kappa shape index (κ2) is 3.49. The summed E-state index contributed by atoms with van der Waals surface area (Å²) in [6, 6.07) is 1.07. The first kappa shape index (κ1) is 9.60. The number of nitrogens with two attached hydrogens (primary N) is 1. The third-order valence-electron chi connectivity index (χ3n) is 2.21. The van der Waals surface area contributed by atoms with E-state index in [1.165, 1.54) is 0 Å². The summed E-state index contributed by atoms with van der Waals surface area (Å²) in [6.07, 6.45) is 4.25. The molecule has 12 heavy (non-hydrogen) atoms. The fourth-order valence-corrected chi connectivity index (χ4v) is 3.48. The van der Waals surface area contributed by atoms with Gasteiger partial charge in [0.2, 0.25) is 0 Å². The van der Waals surface area contributed by atoms with E-state index in [-0.39, 0.29) is 0 Å². The molecule has 0 radical (unpaired) electrons. The van der Waals surface area contributed by atoms with Gasteiger partial charge >= 0.3 is 9.28 Å². The predicted octanol–water partition coefficient (Wildman–Crippen LogP) is 0.568. The Morgan fingerprint density at radius 1 is 1.00 bits per heavy atom. The second-order valence-electron chi connectivity index (χ2n) is 3.79. The van der Waals surface area contributed by atoms with Crippen LogP contribution in [0.3, 0.4) is 0 Å². The minimum Gasteiger partial charge on any atom is -0.374 e. The SMILES string of the molecule is CC(C)N1C=CN(C(C)C)[SiH]1N. The van der Waals surface area contributed by atoms with E-state index in [4.69, 9.17) is 5.40 Å². The Labute approximate surface area is 76.7 Å². The summed E-state index contributed by atoms with van der Waals surface area (Å²) in [7, 11) is -1.34. The van der Waals surface area contributed by atoms with Gasteiger partial charge in [0, 0.05) is 24.5 Å². The lowest BCUT2D eigenvalue weighted by Crippen LogP contribution is -2.55. The highest BCUT2D eigenvalue weighted by Crippen LogP contribution is 2.14. The van der Waals surface area contributed by atoms with Crippen molar-refractivity contribution >= 4 is 9.28 Å². The van der Waals surface area contributed by atoms with Gasteiger partial charge in [0.15, 0.2) is 0 Å². The van der Waals surface area contributed by atoms with Gasteiger partial charge in [-0.05, 0) is 27.7 Å². The first-order valence-corrected chi connectivity index (χ1v) is 6.22. The normalized spacial score (nSPS) is 18.9. The van der Waals surface area contributed by atoms with Crippen molar-refractivity contribution < 1.29 is 0 Å². The molecule has 0 amide bonds. The van der Waals surface area contributed by atoms with Crippen molar-refractivity contribution in [2.75, 3.05) is 0 Å². The van der Waals surface area contributed by atoms with Crippen LogP contribution in [0, 0.1) is 0 Å². The molecule has 2 N–H and O–H groups in total. The van der Waals surface area contributed by atoms with Crippen molar-refractivity contribution in [3.05, 3.63) is 12.4 Å². The van der Waals surface area contributed by atoms with Crippen molar-refractivity contribution in [3.8, 4) is 0 Å². The average molecular weight is 185 g/mol. The van der Waals surface area contributed by atoms with E-state index in [9.17, 15) is 0 Å². The van der Waals surface area contributed by atoms with E-state index in [0.717, 1.165) is 0 Å². The van der Waals surface area contributed by atoms with E-state index in [0.29, 0.717) is 12.1 Å². The van der Waals surface area contributed by atoms with Gasteiger partial charge in [-0.3, -0.25) is 0 Å². The Kier molecular flexibility index (Phi) is 2.79. The van der Waals surface area contributed by atoms with Gasteiger partial charge in [-0.1, -0.05) is 0 Å². The molecule has 3 nitrogen and oxygen atoms in total. The molecule has 0 aliphatic carbocycles. The lowest BCUT2D eigenvalue weighted by Gasteiger charge is -2.32. The van der Waals surface area contributed by atoms with Gasteiger partial charge in [-0.15, -0.1) is 0 Å². The zero-order chi connectivity index (χ0) is 9.30. The lowest BCUT2D eigenvalue weighted by molar-refractivity contribution is 0.420. The fourth-order valence-electron chi connectivity index (χ4n) is 1.44. The average Bonchev–Trinajstić information content (AvgIpc) is 2.30. The highest BCUT2D eigenvalue weighted by Gasteiger charge is 2.28. The van der Waals surface area contributed by atoms with Gasteiger partial charge in [0.25, 0.3) is 0 Å². The zero-order valence-corrected chi connectivity index (χ0v) is 9.51. The van der Waals surface area contributed by atoms with Crippen molar-refractivity contribution in [1.82, 2.24) is 9.13 Å². The van der Waals surface area contributed by atoms with Crippen LogP contribution >= 0.6 is 0 Å². The van der Waals surface area contributed by atoms with Crippen LogP contribution in [0.4, 0.5) is 0 Å². The van der Waals surface area contributed by atoms with Crippen LogP contribution in [-0.4, -0.2) is 30.5 Å². The van der Waals surface area contributed by atoms with Crippen LogP contribution in [0.2, 0.25) is 0 Å². The predicted molar refractivity (Wildman–Crippen MR) is 54.4 cm³/mol. The van der Waals surface area contributed by atoms with Gasteiger partial charge in [0.05, 0.1) is 0 Å². The molecule has 1 aliphatic rings. The van der Waals surface area contributed by atoms with Crippen LogP contribution in [0.5, 0.6) is 0 Å². The standard InChI is InChI=1S/C8H19N3Si/c1-7(2)10-5-6-11(8(3)4)12(10)9/h5-8,12H,9H2,1-4H3. The molecule has 0 saturated carbocycles. The van der Waals surface area contributed by atoms with Gasteiger partial charge in [-0.25, -0.2) is 0 Å². The highest BCUT2D eigenvalue weighted by molar-refractivity contribution is 6.50. The molecule has 0 atom stereocenters. The molecule has 1 heterocycles. The van der Waals surface area contributed by atoms with E-state index >= 15 is 0 Å². The molecule has 1 rings (SSSR count). The molecule has 0 aromatic rings. The fraction of sp³-hybridized carbons (Fsp3) is 0.750. The molecule has 4 heteroatoms. The second-order valence-corrected chi connectivity index (χ2v) is 5.81. The highest BCUT2D eigenvalue weighted by atomic mass is 28.3. The number of rotatable bonds is 2. The molecule has 1 aliphatic heterocycles. The van der Waals surface area contributed by atoms with Crippen molar-refractivity contribution in [2.24, 2.45) is 5.40 Å². The number of nitrogens with zero attached hydrogens (tertiary/aromatic N) is 2. The molecule has 0 aromatic heterocycles. The summed E-state index contributed by atoms with van der Waals surface area (Å²) in [6.45, 7) is 8.73. The molecular weight excluding hydrogens is 166 g/mol. The zero-order valence-electron chi connectivity index (χ0n) is 8.36. The molecular formula is C8H19N3Si. The van der Waals surface area contributed by atoms with E-state index in [1.54, 1.807) is 0 Å². The maximum Gasteiger partial charge on any atom is 0.327 e. The van der Waals surface area contributed by atoms with Crippen molar-refractivity contribution in [2.45, 2.75) is 39.8 Å². The van der Waals surface area contributed by atoms with Crippen LogP contribution in [-0.2, 0) is 0 Å². The summed E-state index contributed by atoms with van der Waals surface area (Å²) < 4.78 is 4.58. The quantitative estimate of drug-likeness (QED) is 0.638. The minimum atomic E-state index is -1.34. The minimum absolute atomic E-state index is 0.534. The van der Waals surface area contributed by atoms with Gasteiger partial charge < -0.3 is 14.5 Å². The summed E-state index contributed by atoms with van der Waals surface area (Å²) in [4.78, 5) is 0. The maximum atomic E-state index is 6.15. The third-order valence-corrected chi connectivity index (χ3v) is 4.97. The Balaban J connectivity index is 2.62. The number of hydrogen-bond donors (Lipinski definition) is 1. The van der Waals surface area contributed by atoms with Crippen molar-refractivity contribution in [3.63, 3.8) is 0 Å². The largest absolute Gasteiger partial charge is 0.374 e. The first-order valence-electron chi connectivity index (χ1n) is 4.53. The van der Waals surface area contributed by atoms with Crippen molar-refractivity contribution in [1.29, 1.82) is 0 Å². The van der Waals surface area contributed by atoms with Gasteiger partial charge in [0.1, 0.15) is 0 Å². The molecule has 0 bridgehead atoms. The first-order chi connectivity index (χ1) is 5.54. The molecule has 0 saturated heterocycles. The summed E-state index contributed by atoms with van der Waals surface area (Å²) >= 11 is 0. The summed E-state index contributed by atoms with van der Waals surface area (Å²) in [5.74, 6) is 0. The number of hydrogen-bond acceptors (Lipinski definition) is 3. The molecule has 70 valence electrons. The van der Waals surface area contributed by atoms with E-state index in [1.807, 2.05) is 0 Å². The van der Waals surface area contributed by atoms with Crippen LogP contribution in [0.25, 0.3) is 0 Å². The third kappa shape index (κ3) is 1.64. The van der Waals surface area contributed by atoms with Gasteiger partial charge in [-0.2, -0.15) is 0 Å².